The number of aromatic hydroxyl groups is 1. The van der Waals surface area contributed by atoms with Crippen molar-refractivity contribution in [1.82, 2.24) is 40.5 Å². The third-order valence-corrected chi connectivity index (χ3v) is 17.1. The number of likely N-dealkylation sites (tertiary alicyclic amines) is 4. The summed E-state index contributed by atoms with van der Waals surface area (Å²) in [4.78, 5) is 55.3. The van der Waals surface area contributed by atoms with Crippen LogP contribution in [0, 0.1) is 11.6 Å². The molecule has 2 aromatic carbocycles. The number of phenols is 1. The zero-order valence-corrected chi connectivity index (χ0v) is 54.2. The monoisotopic (exact) mass is 1210 g/mol. The Balaban J connectivity index is 0.000000260. The summed E-state index contributed by atoms with van der Waals surface area (Å²) in [5.41, 5.74) is 7.76. The van der Waals surface area contributed by atoms with E-state index in [2.05, 4.69) is 35.5 Å². The number of amides is 2. The predicted molar refractivity (Wildman–Crippen MR) is 299 cm³/mol. The molecule has 0 saturated carbocycles. The quantitative estimate of drug-likeness (QED) is 0.0561. The maximum atomic E-state index is 14.1. The van der Waals surface area contributed by atoms with Gasteiger partial charge in [0.25, 0.3) is 6.47 Å². The van der Waals surface area contributed by atoms with Crippen LogP contribution in [0.4, 0.5) is 18.4 Å². The minimum Gasteiger partial charge on any atom is -1.00 e. The summed E-state index contributed by atoms with van der Waals surface area (Å²) < 4.78 is 32.8. The van der Waals surface area contributed by atoms with Crippen LogP contribution in [0.25, 0.3) is 12.2 Å². The Morgan fingerprint density at radius 1 is 0.675 bits per heavy atom. The summed E-state index contributed by atoms with van der Waals surface area (Å²) in [6, 6.07) is 9.40. The Labute approximate surface area is 561 Å². The van der Waals surface area contributed by atoms with Crippen molar-refractivity contribution in [3.8, 4) is 11.5 Å². The molecule has 26 heteroatoms. The molecule has 0 atom stereocenters. The maximum absolute atomic E-state index is 14.1. The van der Waals surface area contributed by atoms with Crippen LogP contribution in [0.15, 0.2) is 56.2 Å². The van der Waals surface area contributed by atoms with E-state index in [0.29, 0.717) is 46.3 Å². The average molecular weight is 1210 g/mol. The number of hydrogen-bond donors (Lipinski definition) is 3. The number of ether oxygens (including phenoxy) is 1. The van der Waals surface area contributed by atoms with Gasteiger partial charge in [-0.3, -0.25) is 19.6 Å². The second-order valence-corrected chi connectivity index (χ2v) is 22.1. The number of aliphatic imine (C=N–C) groups is 2. The number of hydrazine groups is 2. The van der Waals surface area contributed by atoms with E-state index in [4.69, 9.17) is 50.8 Å². The Hall–Kier alpha value is -1.03. The van der Waals surface area contributed by atoms with E-state index in [1.807, 2.05) is 16.1 Å². The number of thiocarbonyl (C=S) groups is 2. The largest absolute Gasteiger partial charge is 1.00 e. The van der Waals surface area contributed by atoms with Gasteiger partial charge in [-0.15, -0.1) is 0 Å². The van der Waals surface area contributed by atoms with E-state index in [1.165, 1.54) is 99.4 Å². The summed E-state index contributed by atoms with van der Waals surface area (Å²) in [6.07, 6.45) is 19.7. The SMILES string of the molecule is O=C(Cl)N1CCC(N2CCCCC2)CC1.O=C(Oc1cc(F)ccc1/C=C1\SC(N2CCCCN2)=NC1=S)N1CCC(N2CCCCC2)CC1.O=CO[O-].Oc1cc(F)ccc1/C=C1\SC(N2CCCCN2)=NC1=S.[H-].[K+].[K+]. The molecule has 410 valence electrons. The van der Waals surface area contributed by atoms with Gasteiger partial charge in [-0.05, 0) is 175 Å². The number of halogens is 3. The maximum Gasteiger partial charge on any atom is 1.00 e. The first kappa shape index (κ1) is 66.8. The fourth-order valence-electron chi connectivity index (χ4n) is 9.91. The molecule has 6 saturated heterocycles. The van der Waals surface area contributed by atoms with Crippen LogP contribution in [-0.2, 0) is 9.68 Å². The van der Waals surface area contributed by atoms with Crippen molar-refractivity contribution in [2.75, 3.05) is 78.5 Å². The smallest absolute Gasteiger partial charge is 1.00 e. The topological polar surface area (TPSA) is 181 Å². The van der Waals surface area contributed by atoms with Crippen LogP contribution in [0.2, 0.25) is 0 Å². The van der Waals surface area contributed by atoms with Gasteiger partial charge in [0, 0.05) is 87.7 Å². The van der Waals surface area contributed by atoms with Crippen molar-refractivity contribution in [3.63, 3.8) is 0 Å². The number of hydrogen-bond acceptors (Lipinski definition) is 17. The van der Waals surface area contributed by atoms with Gasteiger partial charge in [0.2, 0.25) is 0 Å². The summed E-state index contributed by atoms with van der Waals surface area (Å²) in [7, 11) is 0. The Bertz CT molecular complexity index is 2440. The number of nitrogens with zero attached hydrogens (tertiary/aromatic N) is 8. The van der Waals surface area contributed by atoms with E-state index in [1.54, 1.807) is 21.9 Å². The summed E-state index contributed by atoms with van der Waals surface area (Å²) in [5, 5.41) is 23.6. The minimum absolute atomic E-state index is 0. The summed E-state index contributed by atoms with van der Waals surface area (Å²) in [6.45, 7) is 11.3. The molecule has 3 N–H and O–H groups in total. The fraction of sp³-hybridized carbons (Fsp3) is 0.549. The molecular formula is C51H67ClF2K2N10O7S4. The second kappa shape index (κ2) is 35.2. The fourth-order valence-corrected chi connectivity index (χ4v) is 12.6. The van der Waals surface area contributed by atoms with Crippen molar-refractivity contribution in [1.29, 1.82) is 0 Å². The van der Waals surface area contributed by atoms with Crippen LogP contribution in [0.5, 0.6) is 11.5 Å². The third kappa shape index (κ3) is 21.0. The van der Waals surface area contributed by atoms with Gasteiger partial charge in [-0.2, -0.15) is 0 Å². The first-order valence-corrected chi connectivity index (χ1v) is 28.7. The van der Waals surface area contributed by atoms with Gasteiger partial charge in [-0.1, -0.05) is 37.3 Å². The molecule has 8 heterocycles. The molecule has 17 nitrogen and oxygen atoms in total. The molecule has 10 rings (SSSR count). The van der Waals surface area contributed by atoms with Gasteiger partial charge in [0.05, 0.1) is 9.81 Å². The molecule has 0 unspecified atom stereocenters. The van der Waals surface area contributed by atoms with Gasteiger partial charge in [-0.25, -0.2) is 34.4 Å². The van der Waals surface area contributed by atoms with Crippen molar-refractivity contribution in [2.24, 2.45) is 9.98 Å². The van der Waals surface area contributed by atoms with Crippen molar-refractivity contribution in [3.05, 3.63) is 69.0 Å². The van der Waals surface area contributed by atoms with Crippen LogP contribution >= 0.6 is 59.6 Å². The molecule has 8 aliphatic rings. The van der Waals surface area contributed by atoms with E-state index in [-0.39, 0.29) is 128 Å². The van der Waals surface area contributed by atoms with Crippen LogP contribution in [0.3, 0.4) is 0 Å². The van der Waals surface area contributed by atoms with E-state index < -0.39 is 17.7 Å². The van der Waals surface area contributed by atoms with Gasteiger partial charge in [0.1, 0.15) is 33.1 Å². The number of phenolic OH excluding ortho intramolecular Hbond substituents is 1. The number of piperidine rings is 4. The first-order valence-electron chi connectivity index (χ1n) is 25.9. The van der Waals surface area contributed by atoms with E-state index in [9.17, 15) is 23.5 Å². The number of rotatable bonds is 6. The standard InChI is InChI=1S/C25H32FN5O2S2.C14H14FN3OS2.C11H19ClN2O.CH2O3.2K.H/c26-19-7-6-18(16-22-23(34)28-24(35-22)31-13-5-2-10-27-31)21(17-19)33-25(32)30-14-8-20(9-15-30)29-11-3-1-4-12-29;15-10-4-3-9(11(19)8-10)7-12-13(20)17-14(21-12)18-6-2-1-5-16-18;12-11(15)14-8-4-10(5-9-14)13-6-2-1-3-7-13;2-1-4-3;;;/h6-7,16-17,20,27H,1-5,8-15H2;3-4,7-8,16,19H,1-2,5-6H2;10H,1-9H2;1,3H;;;/q;;;;2*+1;-1/p-1/b22-16-;12-7-;;;;;. The Kier molecular flexibility index (Phi) is 30.5. The molecule has 0 aliphatic carbocycles. The number of carbonyl (C=O) groups excluding carboxylic acids is 3. The molecule has 0 aromatic heterocycles. The molecule has 0 bridgehead atoms. The van der Waals surface area contributed by atoms with Crippen LogP contribution in [0.1, 0.15) is 102 Å². The van der Waals surface area contributed by atoms with Crippen molar-refractivity contribution < 1.29 is 147 Å². The zero-order chi connectivity index (χ0) is 53.1. The molecule has 6 fully saturated rings. The van der Waals surface area contributed by atoms with Crippen molar-refractivity contribution in [2.45, 2.75) is 102 Å². The molecule has 0 spiro atoms. The zero-order valence-electron chi connectivity index (χ0n) is 45.0. The molecule has 0 radical (unpaired) electrons. The van der Waals surface area contributed by atoms with Crippen LogP contribution < -0.4 is 124 Å². The number of amidine groups is 2. The van der Waals surface area contributed by atoms with E-state index in [0.717, 1.165) is 130 Å². The van der Waals surface area contributed by atoms with Gasteiger partial charge < -0.3 is 41.0 Å². The third-order valence-electron chi connectivity index (χ3n) is 13.9. The number of nitrogens with one attached hydrogen (secondary N) is 2. The molecule has 8 aliphatic heterocycles. The second-order valence-electron chi connectivity index (χ2n) is 19.0. The molecule has 2 amide bonds. The van der Waals surface area contributed by atoms with Crippen LogP contribution in [-0.4, -0.2) is 164 Å². The molecule has 77 heavy (non-hydrogen) atoms. The predicted octanol–water partition coefficient (Wildman–Crippen LogP) is 2.40. The first-order chi connectivity index (χ1) is 36.4. The van der Waals surface area contributed by atoms with E-state index >= 15 is 0 Å². The summed E-state index contributed by atoms with van der Waals surface area (Å²) >= 11 is 19.2. The Morgan fingerprint density at radius 3 is 1.53 bits per heavy atom. The number of benzene rings is 2. The molecule has 2 aromatic rings. The minimum atomic E-state index is -0.467. The average Bonchev–Trinajstić information content (AvgIpc) is 4.01. The van der Waals surface area contributed by atoms with Crippen molar-refractivity contribution >= 4 is 110 Å². The summed E-state index contributed by atoms with van der Waals surface area (Å²) in [5.74, 6) is -0.815. The number of carbonyl (C=O) groups is 3. The Morgan fingerprint density at radius 2 is 1.10 bits per heavy atom. The number of thioether (sulfide) groups is 2. The van der Waals surface area contributed by atoms with Gasteiger partial charge >= 0.3 is 114 Å². The molecular weight excluding hydrogens is 1140 g/mol. The normalized spacial score (nSPS) is 21.7. The van der Waals surface area contributed by atoms with Gasteiger partial charge in [0.15, 0.2) is 10.3 Å².